The van der Waals surface area contributed by atoms with Crippen LogP contribution >= 0.6 is 11.8 Å². The molecule has 2 aromatic rings. The highest BCUT2D eigenvalue weighted by atomic mass is 32.2. The molecular weight excluding hydrogens is 320 g/mol. The van der Waals surface area contributed by atoms with Crippen LogP contribution in [0.4, 0.5) is 0 Å². The van der Waals surface area contributed by atoms with E-state index in [0.717, 1.165) is 21.9 Å². The molecule has 24 heavy (non-hydrogen) atoms. The third-order valence-electron chi connectivity index (χ3n) is 3.56. The van der Waals surface area contributed by atoms with Gasteiger partial charge in [0.15, 0.2) is 0 Å². The van der Waals surface area contributed by atoms with Gasteiger partial charge in [0, 0.05) is 17.0 Å². The second-order valence-electron chi connectivity index (χ2n) is 5.96. The average Bonchev–Trinajstić information content (AvgIpc) is 2.54. The molecule has 0 saturated carbocycles. The minimum atomic E-state index is -0.163. The number of aryl methyl sites for hydroxylation is 1. The maximum Gasteiger partial charge on any atom is 0.254 e. The second-order valence-corrected chi connectivity index (χ2v) is 7.53. The molecule has 1 amide bonds. The summed E-state index contributed by atoms with van der Waals surface area (Å²) in [5.41, 5.74) is 2.70. The van der Waals surface area contributed by atoms with E-state index in [1.807, 2.05) is 38.1 Å². The van der Waals surface area contributed by atoms with Crippen LogP contribution in [0.1, 0.15) is 48.3 Å². The maximum absolute atomic E-state index is 12.7. The summed E-state index contributed by atoms with van der Waals surface area (Å²) < 4.78 is 5.42. The van der Waals surface area contributed by atoms with Crippen molar-refractivity contribution in [3.63, 3.8) is 0 Å². The fourth-order valence-electron chi connectivity index (χ4n) is 2.43. The summed E-state index contributed by atoms with van der Waals surface area (Å²) in [4.78, 5) is 17.1. The van der Waals surface area contributed by atoms with Crippen LogP contribution in [-0.2, 0) is 0 Å². The minimum Gasteiger partial charge on any atom is -0.496 e. The molecule has 0 aliphatic rings. The van der Waals surface area contributed by atoms with Crippen LogP contribution in [0.25, 0.3) is 0 Å². The smallest absolute Gasteiger partial charge is 0.254 e. The first-order valence-electron chi connectivity index (χ1n) is 7.99. The van der Waals surface area contributed by atoms with Crippen LogP contribution in [-0.4, -0.2) is 23.3 Å². The van der Waals surface area contributed by atoms with Gasteiger partial charge in [0.05, 0.1) is 18.7 Å². The number of methoxy groups -OCH3 is 1. The van der Waals surface area contributed by atoms with Gasteiger partial charge in [-0.15, -0.1) is 11.8 Å². The normalized spacial score (nSPS) is 12.1. The monoisotopic (exact) mass is 344 g/mol. The van der Waals surface area contributed by atoms with E-state index in [1.54, 1.807) is 31.1 Å². The Morgan fingerprint density at radius 3 is 2.67 bits per heavy atom. The summed E-state index contributed by atoms with van der Waals surface area (Å²) in [6, 6.07) is 9.40. The number of benzene rings is 1. The number of carbonyl (C=O) groups excluding carboxylic acids is 1. The number of nitrogens with one attached hydrogen (secondary N) is 1. The van der Waals surface area contributed by atoms with Crippen LogP contribution in [0.3, 0.4) is 0 Å². The Bertz CT molecular complexity index is 716. The molecular formula is C19H24N2O2S. The van der Waals surface area contributed by atoms with E-state index in [1.165, 1.54) is 0 Å². The van der Waals surface area contributed by atoms with E-state index in [0.29, 0.717) is 10.8 Å². The van der Waals surface area contributed by atoms with Gasteiger partial charge in [-0.1, -0.05) is 31.5 Å². The zero-order valence-electron chi connectivity index (χ0n) is 14.8. The number of hydrogen-bond donors (Lipinski definition) is 1. The molecule has 1 atom stereocenters. The van der Waals surface area contributed by atoms with Crippen LogP contribution in [0, 0.1) is 6.92 Å². The van der Waals surface area contributed by atoms with Crippen molar-refractivity contribution in [3.8, 4) is 5.75 Å². The molecule has 0 fully saturated rings. The predicted octanol–water partition coefficient (Wildman–Crippen LogP) is 4.39. The molecule has 0 aliphatic heterocycles. The molecule has 0 aliphatic carbocycles. The van der Waals surface area contributed by atoms with Crippen molar-refractivity contribution >= 4 is 17.7 Å². The SMILES string of the molecule is COc1ccc(C)cc1[C@H](C)NC(=O)c1cccnc1SC(C)C. The van der Waals surface area contributed by atoms with Crippen LogP contribution in [0.2, 0.25) is 0 Å². The lowest BCUT2D eigenvalue weighted by Gasteiger charge is -2.19. The molecule has 1 aromatic heterocycles. The molecule has 1 heterocycles. The fourth-order valence-corrected chi connectivity index (χ4v) is 3.28. The largest absolute Gasteiger partial charge is 0.496 e. The van der Waals surface area contributed by atoms with Gasteiger partial charge in [0.1, 0.15) is 10.8 Å². The first-order valence-corrected chi connectivity index (χ1v) is 8.87. The third kappa shape index (κ3) is 4.51. The number of nitrogens with zero attached hydrogens (tertiary/aromatic N) is 1. The van der Waals surface area contributed by atoms with E-state index in [4.69, 9.17) is 4.74 Å². The van der Waals surface area contributed by atoms with Crippen molar-refractivity contribution in [2.24, 2.45) is 0 Å². The molecule has 1 N–H and O–H groups in total. The number of thioether (sulfide) groups is 1. The van der Waals surface area contributed by atoms with E-state index < -0.39 is 0 Å². The maximum atomic E-state index is 12.7. The van der Waals surface area contributed by atoms with Crippen molar-refractivity contribution in [2.75, 3.05) is 7.11 Å². The lowest BCUT2D eigenvalue weighted by atomic mass is 10.0. The number of rotatable bonds is 6. The van der Waals surface area contributed by atoms with Crippen molar-refractivity contribution in [1.29, 1.82) is 0 Å². The van der Waals surface area contributed by atoms with Gasteiger partial charge in [0.25, 0.3) is 5.91 Å². The topological polar surface area (TPSA) is 51.2 Å². The molecule has 0 spiro atoms. The standard InChI is InChI=1S/C19H24N2O2S/c1-12(2)24-19-15(7-6-10-20-19)18(22)21-14(4)16-11-13(3)8-9-17(16)23-5/h6-12,14H,1-5H3,(H,21,22)/t14-/m0/s1. The number of aromatic nitrogens is 1. The Balaban J connectivity index is 2.22. The Kier molecular flexibility index (Phi) is 6.26. The summed E-state index contributed by atoms with van der Waals surface area (Å²) >= 11 is 1.59. The molecule has 0 unspecified atom stereocenters. The van der Waals surface area contributed by atoms with E-state index in [9.17, 15) is 4.79 Å². The number of amides is 1. The second kappa shape index (κ2) is 8.20. The molecule has 128 valence electrons. The van der Waals surface area contributed by atoms with Gasteiger partial charge in [0.2, 0.25) is 0 Å². The van der Waals surface area contributed by atoms with Gasteiger partial charge < -0.3 is 10.1 Å². The van der Waals surface area contributed by atoms with Crippen molar-refractivity contribution in [2.45, 2.75) is 44.0 Å². The highest BCUT2D eigenvalue weighted by Gasteiger charge is 2.18. The quantitative estimate of drug-likeness (QED) is 0.790. The summed E-state index contributed by atoms with van der Waals surface area (Å²) in [6.45, 7) is 8.15. The van der Waals surface area contributed by atoms with Gasteiger partial charge in [-0.2, -0.15) is 0 Å². The zero-order valence-corrected chi connectivity index (χ0v) is 15.6. The summed E-state index contributed by atoms with van der Waals surface area (Å²) in [7, 11) is 1.64. The predicted molar refractivity (Wildman–Crippen MR) is 98.8 cm³/mol. The first kappa shape index (κ1) is 18.3. The fraction of sp³-hybridized carbons (Fsp3) is 0.368. The van der Waals surface area contributed by atoms with Gasteiger partial charge in [-0.3, -0.25) is 4.79 Å². The van der Waals surface area contributed by atoms with Gasteiger partial charge in [-0.25, -0.2) is 4.98 Å². The van der Waals surface area contributed by atoms with Crippen LogP contribution < -0.4 is 10.1 Å². The zero-order chi connectivity index (χ0) is 17.7. The Labute approximate surface area is 148 Å². The molecule has 0 bridgehead atoms. The molecule has 0 radical (unpaired) electrons. The number of carbonyl (C=O) groups is 1. The molecule has 1 aromatic carbocycles. The number of hydrogen-bond acceptors (Lipinski definition) is 4. The van der Waals surface area contributed by atoms with Crippen LogP contribution in [0.5, 0.6) is 5.75 Å². The number of ether oxygens (including phenoxy) is 1. The minimum absolute atomic E-state index is 0.123. The lowest BCUT2D eigenvalue weighted by molar-refractivity contribution is 0.0936. The molecule has 0 saturated heterocycles. The van der Waals surface area contributed by atoms with Crippen LogP contribution in [0.15, 0.2) is 41.6 Å². The van der Waals surface area contributed by atoms with Gasteiger partial charge in [-0.05, 0) is 32.0 Å². The molecule has 4 nitrogen and oxygen atoms in total. The lowest BCUT2D eigenvalue weighted by Crippen LogP contribution is -2.27. The summed E-state index contributed by atoms with van der Waals surface area (Å²) in [6.07, 6.45) is 1.72. The van der Waals surface area contributed by atoms with E-state index >= 15 is 0 Å². The van der Waals surface area contributed by atoms with Gasteiger partial charge >= 0.3 is 0 Å². The highest BCUT2D eigenvalue weighted by Crippen LogP contribution is 2.28. The summed E-state index contributed by atoms with van der Waals surface area (Å²) in [5, 5.41) is 4.18. The van der Waals surface area contributed by atoms with E-state index in [2.05, 4.69) is 24.1 Å². The number of pyridine rings is 1. The van der Waals surface area contributed by atoms with E-state index in [-0.39, 0.29) is 11.9 Å². The Morgan fingerprint density at radius 1 is 1.25 bits per heavy atom. The summed E-state index contributed by atoms with van der Waals surface area (Å²) in [5.74, 6) is 0.652. The Morgan fingerprint density at radius 2 is 2.00 bits per heavy atom. The molecule has 5 heteroatoms. The average molecular weight is 344 g/mol. The third-order valence-corrected chi connectivity index (χ3v) is 4.58. The first-order chi connectivity index (χ1) is 11.4. The Hall–Kier alpha value is -2.01. The highest BCUT2D eigenvalue weighted by molar-refractivity contribution is 7.99. The van der Waals surface area contributed by atoms with Crippen molar-refractivity contribution in [3.05, 3.63) is 53.2 Å². The van der Waals surface area contributed by atoms with Crippen molar-refractivity contribution < 1.29 is 9.53 Å². The molecule has 2 rings (SSSR count). The van der Waals surface area contributed by atoms with Crippen molar-refractivity contribution in [1.82, 2.24) is 10.3 Å².